The Labute approximate surface area is 179 Å². The van der Waals surface area contributed by atoms with E-state index in [4.69, 9.17) is 4.74 Å². The predicted molar refractivity (Wildman–Crippen MR) is 118 cm³/mol. The van der Waals surface area contributed by atoms with E-state index in [0.29, 0.717) is 17.9 Å². The van der Waals surface area contributed by atoms with Crippen LogP contribution in [0, 0.1) is 17.0 Å². The molecule has 158 valence electrons. The third-order valence-corrected chi connectivity index (χ3v) is 5.32. The summed E-state index contributed by atoms with van der Waals surface area (Å²) < 4.78 is 5.24. The summed E-state index contributed by atoms with van der Waals surface area (Å²) in [6, 6.07) is 15.0. The van der Waals surface area contributed by atoms with Crippen molar-refractivity contribution in [2.75, 3.05) is 23.9 Å². The number of nitro groups is 1. The van der Waals surface area contributed by atoms with E-state index in [2.05, 4.69) is 10.3 Å². The van der Waals surface area contributed by atoms with Crippen LogP contribution in [0.1, 0.15) is 16.7 Å². The molecule has 1 aliphatic rings. The fourth-order valence-electron chi connectivity index (χ4n) is 3.72. The average Bonchev–Trinajstić information content (AvgIpc) is 3.17. The normalized spacial score (nSPS) is 12.4. The fourth-order valence-corrected chi connectivity index (χ4v) is 3.72. The van der Waals surface area contributed by atoms with Crippen molar-refractivity contribution in [1.29, 1.82) is 0 Å². The number of benzene rings is 2. The molecule has 0 aliphatic carbocycles. The molecule has 2 heterocycles. The minimum Gasteiger partial charge on any atom is -0.497 e. The Hall–Kier alpha value is -3.94. The lowest BCUT2D eigenvalue weighted by molar-refractivity contribution is -0.385. The number of aryl methyl sites for hydroxylation is 1. The van der Waals surface area contributed by atoms with Crippen molar-refractivity contribution in [3.8, 4) is 5.75 Å². The lowest BCUT2D eigenvalue weighted by atomic mass is 10.1. The molecule has 0 radical (unpaired) electrons. The molecule has 0 spiro atoms. The second-order valence-electron chi connectivity index (χ2n) is 7.41. The van der Waals surface area contributed by atoms with E-state index in [9.17, 15) is 14.9 Å². The lowest BCUT2D eigenvalue weighted by Crippen LogP contribution is -2.30. The van der Waals surface area contributed by atoms with E-state index >= 15 is 0 Å². The molecule has 3 aromatic rings. The number of anilines is 3. The molecule has 0 fully saturated rings. The summed E-state index contributed by atoms with van der Waals surface area (Å²) in [5, 5.41) is 14.2. The smallest absolute Gasteiger partial charge is 0.290 e. The number of fused-ring (bicyclic) bond motifs is 1. The monoisotopic (exact) mass is 418 g/mol. The van der Waals surface area contributed by atoms with Gasteiger partial charge in [-0.05, 0) is 54.8 Å². The van der Waals surface area contributed by atoms with Crippen molar-refractivity contribution in [3.05, 3.63) is 81.5 Å². The zero-order valence-electron chi connectivity index (χ0n) is 17.3. The number of nitrogens with one attached hydrogen (secondary N) is 1. The highest BCUT2D eigenvalue weighted by molar-refractivity contribution is 5.97. The maximum atomic E-state index is 13.0. The Bertz CT molecular complexity index is 1160. The molecule has 0 unspecified atom stereocenters. The van der Waals surface area contributed by atoms with Crippen molar-refractivity contribution in [2.24, 2.45) is 0 Å². The van der Waals surface area contributed by atoms with E-state index < -0.39 is 4.92 Å². The number of nitrogens with zero attached hydrogens (tertiary/aromatic N) is 3. The Kier molecular flexibility index (Phi) is 5.53. The Morgan fingerprint density at radius 2 is 2.10 bits per heavy atom. The number of hydrogen-bond donors (Lipinski definition) is 1. The number of ether oxygens (including phenoxy) is 1. The van der Waals surface area contributed by atoms with Gasteiger partial charge in [0.1, 0.15) is 17.8 Å². The summed E-state index contributed by atoms with van der Waals surface area (Å²) in [5.74, 6) is 1.26. The van der Waals surface area contributed by atoms with E-state index in [1.54, 1.807) is 25.0 Å². The minimum atomic E-state index is -0.451. The summed E-state index contributed by atoms with van der Waals surface area (Å²) in [4.78, 5) is 29.4. The largest absolute Gasteiger partial charge is 0.497 e. The van der Waals surface area contributed by atoms with Crippen LogP contribution in [0.5, 0.6) is 5.75 Å². The van der Waals surface area contributed by atoms with Gasteiger partial charge in [0.15, 0.2) is 0 Å². The number of carbonyl (C=O) groups excluding carboxylic acids is 1. The highest BCUT2D eigenvalue weighted by Gasteiger charge is 2.25. The van der Waals surface area contributed by atoms with Crippen LogP contribution in [-0.2, 0) is 17.6 Å². The van der Waals surface area contributed by atoms with Gasteiger partial charge >= 0.3 is 0 Å². The van der Waals surface area contributed by atoms with Gasteiger partial charge in [-0.15, -0.1) is 0 Å². The molecule has 8 nitrogen and oxygen atoms in total. The fraction of sp³-hybridized carbons (Fsp3) is 0.217. The molecule has 8 heteroatoms. The number of carbonyl (C=O) groups is 1. The van der Waals surface area contributed by atoms with Gasteiger partial charge in [0, 0.05) is 23.5 Å². The summed E-state index contributed by atoms with van der Waals surface area (Å²) in [5.41, 5.74) is 4.15. The van der Waals surface area contributed by atoms with Gasteiger partial charge in [0.25, 0.3) is 5.69 Å². The molecule has 0 saturated heterocycles. The molecule has 31 heavy (non-hydrogen) atoms. The van der Waals surface area contributed by atoms with Crippen LogP contribution in [0.25, 0.3) is 0 Å². The molecule has 0 atom stereocenters. The SMILES string of the molecule is COc1cccc(CC(=O)N2CCc3ccc(Nc4cc(C)c([N+](=O)[O-])cn4)cc32)c1. The number of amides is 1. The Morgan fingerprint density at radius 3 is 2.84 bits per heavy atom. The standard InChI is InChI=1S/C23H22N4O4/c1-15-10-22(24-14-21(15)27(29)30)25-18-7-6-17-8-9-26(20(17)13-18)23(28)12-16-4-3-5-19(11-16)31-2/h3-7,10-11,13-14H,8-9,12H2,1-2H3,(H,24,25). The number of rotatable bonds is 6. The molecule has 4 rings (SSSR count). The van der Waals surface area contributed by atoms with Gasteiger partial charge < -0.3 is 15.0 Å². The van der Waals surface area contributed by atoms with Crippen molar-refractivity contribution in [1.82, 2.24) is 4.98 Å². The topological polar surface area (TPSA) is 97.6 Å². The summed E-state index contributed by atoms with van der Waals surface area (Å²) in [7, 11) is 1.60. The summed E-state index contributed by atoms with van der Waals surface area (Å²) >= 11 is 0. The van der Waals surface area contributed by atoms with Crippen molar-refractivity contribution in [3.63, 3.8) is 0 Å². The Morgan fingerprint density at radius 1 is 1.26 bits per heavy atom. The zero-order valence-corrected chi connectivity index (χ0v) is 17.3. The lowest BCUT2D eigenvalue weighted by Gasteiger charge is -2.18. The minimum absolute atomic E-state index is 0.0196. The first kappa shape index (κ1) is 20.3. The average molecular weight is 418 g/mol. The van der Waals surface area contributed by atoms with Gasteiger partial charge in [0.05, 0.1) is 18.5 Å². The first-order chi connectivity index (χ1) is 14.9. The highest BCUT2D eigenvalue weighted by Crippen LogP contribution is 2.33. The second kappa shape index (κ2) is 8.43. The van der Waals surface area contributed by atoms with Crippen LogP contribution in [0.3, 0.4) is 0 Å². The van der Waals surface area contributed by atoms with Crippen LogP contribution < -0.4 is 15.0 Å². The number of pyridine rings is 1. The Balaban J connectivity index is 1.52. The summed E-state index contributed by atoms with van der Waals surface area (Å²) in [6.07, 6.45) is 2.33. The van der Waals surface area contributed by atoms with Gasteiger partial charge in [-0.25, -0.2) is 4.98 Å². The number of methoxy groups -OCH3 is 1. The van der Waals surface area contributed by atoms with Gasteiger partial charge in [-0.2, -0.15) is 0 Å². The molecule has 0 bridgehead atoms. The molecule has 2 aromatic carbocycles. The third kappa shape index (κ3) is 4.32. The molecule has 1 N–H and O–H groups in total. The van der Waals surface area contributed by atoms with Crippen molar-refractivity contribution < 1.29 is 14.5 Å². The quantitative estimate of drug-likeness (QED) is 0.476. The second-order valence-corrected chi connectivity index (χ2v) is 7.41. The van der Waals surface area contributed by atoms with Gasteiger partial charge in [-0.3, -0.25) is 14.9 Å². The maximum absolute atomic E-state index is 13.0. The third-order valence-electron chi connectivity index (χ3n) is 5.32. The summed E-state index contributed by atoms with van der Waals surface area (Å²) in [6.45, 7) is 2.31. The molecular formula is C23H22N4O4. The van der Waals surface area contributed by atoms with Crippen molar-refractivity contribution in [2.45, 2.75) is 19.8 Å². The van der Waals surface area contributed by atoms with Crippen molar-refractivity contribution >= 4 is 28.8 Å². The zero-order chi connectivity index (χ0) is 22.0. The van der Waals surface area contributed by atoms with Gasteiger partial charge in [-0.1, -0.05) is 18.2 Å². The van der Waals surface area contributed by atoms with E-state index in [-0.39, 0.29) is 18.0 Å². The van der Waals surface area contributed by atoms with E-state index in [1.165, 1.54) is 6.20 Å². The highest BCUT2D eigenvalue weighted by atomic mass is 16.6. The molecule has 0 saturated carbocycles. The first-order valence-electron chi connectivity index (χ1n) is 9.89. The van der Waals surface area contributed by atoms with Crippen LogP contribution in [-0.4, -0.2) is 29.5 Å². The first-order valence-corrected chi connectivity index (χ1v) is 9.89. The number of hydrogen-bond acceptors (Lipinski definition) is 6. The van der Waals surface area contributed by atoms with Crippen LogP contribution >= 0.6 is 0 Å². The molecular weight excluding hydrogens is 396 g/mol. The number of aromatic nitrogens is 1. The predicted octanol–water partition coefficient (Wildman–Crippen LogP) is 4.18. The van der Waals surface area contributed by atoms with Gasteiger partial charge in [0.2, 0.25) is 5.91 Å². The van der Waals surface area contributed by atoms with E-state index in [0.717, 1.165) is 34.7 Å². The van der Waals surface area contributed by atoms with E-state index in [1.807, 2.05) is 42.5 Å². The molecule has 1 aromatic heterocycles. The molecule has 1 amide bonds. The molecule has 1 aliphatic heterocycles. The van der Waals surface area contributed by atoms with Crippen LogP contribution in [0.15, 0.2) is 54.7 Å². The van der Waals surface area contributed by atoms with Crippen LogP contribution in [0.2, 0.25) is 0 Å². The maximum Gasteiger partial charge on any atom is 0.290 e. The van der Waals surface area contributed by atoms with Crippen LogP contribution in [0.4, 0.5) is 22.9 Å².